The Morgan fingerprint density at radius 1 is 1.00 bits per heavy atom. The zero-order valence-corrected chi connectivity index (χ0v) is 14.2. The lowest BCUT2D eigenvalue weighted by Gasteiger charge is -2.11. The summed E-state index contributed by atoms with van der Waals surface area (Å²) < 4.78 is 3.26. The van der Waals surface area contributed by atoms with E-state index in [0.717, 1.165) is 27.8 Å². The Kier molecular flexibility index (Phi) is 4.25. The van der Waals surface area contributed by atoms with Crippen LogP contribution in [0, 0.1) is 13.8 Å². The molecule has 0 bridgehead atoms. The van der Waals surface area contributed by atoms with Crippen molar-refractivity contribution in [2.24, 2.45) is 7.05 Å². The van der Waals surface area contributed by atoms with Crippen LogP contribution in [0.15, 0.2) is 47.3 Å². The number of fused-ring (bicyclic) bond motifs is 1. The predicted molar refractivity (Wildman–Crippen MR) is 96.3 cm³/mol. The molecule has 1 amide bonds. The second-order valence-corrected chi connectivity index (χ2v) is 6.05. The normalized spacial score (nSPS) is 11.0. The fourth-order valence-corrected chi connectivity index (χ4v) is 3.01. The number of nitrogens with zero attached hydrogens (tertiary/aromatic N) is 2. The van der Waals surface area contributed by atoms with Crippen molar-refractivity contribution in [3.8, 4) is 0 Å². The SMILES string of the molecule is Cc1cccc(C)c1NC(=O)CCn1c(=O)n(C)c2ccccc21. The van der Waals surface area contributed by atoms with Gasteiger partial charge in [0.15, 0.2) is 0 Å². The number of carbonyl (C=O) groups excluding carboxylic acids is 1. The Hall–Kier alpha value is -2.82. The highest BCUT2D eigenvalue weighted by Crippen LogP contribution is 2.19. The topological polar surface area (TPSA) is 56.0 Å². The third-order valence-corrected chi connectivity index (χ3v) is 4.36. The first-order valence-electron chi connectivity index (χ1n) is 7.99. The van der Waals surface area contributed by atoms with Crippen molar-refractivity contribution < 1.29 is 4.79 Å². The molecule has 3 aromatic rings. The lowest BCUT2D eigenvalue weighted by atomic mass is 10.1. The average molecular weight is 323 g/mol. The van der Waals surface area contributed by atoms with E-state index in [1.54, 1.807) is 16.2 Å². The van der Waals surface area contributed by atoms with Crippen LogP contribution in [0.25, 0.3) is 11.0 Å². The summed E-state index contributed by atoms with van der Waals surface area (Å²) in [5, 5.41) is 2.96. The third-order valence-electron chi connectivity index (χ3n) is 4.36. The van der Waals surface area contributed by atoms with Crippen molar-refractivity contribution >= 4 is 22.6 Å². The van der Waals surface area contributed by atoms with Crippen LogP contribution in [0.4, 0.5) is 5.69 Å². The summed E-state index contributed by atoms with van der Waals surface area (Å²) in [6, 6.07) is 13.5. The molecule has 24 heavy (non-hydrogen) atoms. The van der Waals surface area contributed by atoms with Gasteiger partial charge in [0, 0.05) is 25.7 Å². The van der Waals surface area contributed by atoms with Crippen molar-refractivity contribution in [1.82, 2.24) is 9.13 Å². The zero-order valence-electron chi connectivity index (χ0n) is 14.2. The van der Waals surface area contributed by atoms with Gasteiger partial charge in [-0.05, 0) is 37.1 Å². The number of anilines is 1. The highest BCUT2D eigenvalue weighted by molar-refractivity contribution is 5.92. The Balaban J connectivity index is 1.78. The van der Waals surface area contributed by atoms with Crippen LogP contribution in [0.2, 0.25) is 0 Å². The standard InChI is InChI=1S/C19H21N3O2/c1-13-7-6-8-14(2)18(13)20-17(23)11-12-22-16-10-5-4-9-15(16)21(3)19(22)24/h4-10H,11-12H2,1-3H3,(H,20,23). The number of aryl methyl sites for hydroxylation is 4. The molecular formula is C19H21N3O2. The monoisotopic (exact) mass is 323 g/mol. The number of amides is 1. The fraction of sp³-hybridized carbons (Fsp3) is 0.263. The van der Waals surface area contributed by atoms with E-state index in [1.807, 2.05) is 56.3 Å². The van der Waals surface area contributed by atoms with E-state index < -0.39 is 0 Å². The molecule has 0 aliphatic carbocycles. The molecule has 5 nitrogen and oxygen atoms in total. The van der Waals surface area contributed by atoms with Crippen LogP contribution >= 0.6 is 0 Å². The summed E-state index contributed by atoms with van der Waals surface area (Å²) in [4.78, 5) is 24.7. The number of aromatic nitrogens is 2. The van der Waals surface area contributed by atoms with Gasteiger partial charge in [-0.2, -0.15) is 0 Å². The molecular weight excluding hydrogens is 302 g/mol. The van der Waals surface area contributed by atoms with Crippen LogP contribution < -0.4 is 11.0 Å². The van der Waals surface area contributed by atoms with Gasteiger partial charge >= 0.3 is 5.69 Å². The predicted octanol–water partition coefficient (Wildman–Crippen LogP) is 2.99. The van der Waals surface area contributed by atoms with Gasteiger partial charge < -0.3 is 5.32 Å². The molecule has 0 atom stereocenters. The molecule has 1 N–H and O–H groups in total. The molecule has 0 aliphatic rings. The molecule has 1 heterocycles. The van der Waals surface area contributed by atoms with Gasteiger partial charge in [0.05, 0.1) is 11.0 Å². The van der Waals surface area contributed by atoms with Gasteiger partial charge in [-0.1, -0.05) is 30.3 Å². The number of nitrogens with one attached hydrogen (secondary N) is 1. The number of benzene rings is 2. The highest BCUT2D eigenvalue weighted by atomic mass is 16.2. The lowest BCUT2D eigenvalue weighted by molar-refractivity contribution is -0.116. The molecule has 2 aromatic carbocycles. The lowest BCUT2D eigenvalue weighted by Crippen LogP contribution is -2.24. The summed E-state index contributed by atoms with van der Waals surface area (Å²) in [6.07, 6.45) is 0.252. The molecule has 0 fully saturated rings. The molecule has 0 radical (unpaired) electrons. The highest BCUT2D eigenvalue weighted by Gasteiger charge is 2.12. The first kappa shape index (κ1) is 16.1. The molecule has 0 aliphatic heterocycles. The maximum absolute atomic E-state index is 12.4. The van der Waals surface area contributed by atoms with Crippen molar-refractivity contribution in [1.29, 1.82) is 0 Å². The van der Waals surface area contributed by atoms with Crippen LogP contribution in [-0.4, -0.2) is 15.0 Å². The van der Waals surface area contributed by atoms with Crippen molar-refractivity contribution in [3.05, 3.63) is 64.1 Å². The molecule has 124 valence electrons. The molecule has 1 aromatic heterocycles. The van der Waals surface area contributed by atoms with Crippen molar-refractivity contribution in [2.75, 3.05) is 5.32 Å². The van der Waals surface area contributed by atoms with Gasteiger partial charge in [-0.25, -0.2) is 4.79 Å². The molecule has 0 saturated heterocycles. The smallest absolute Gasteiger partial charge is 0.326 e. The van der Waals surface area contributed by atoms with Crippen LogP contribution in [0.1, 0.15) is 17.5 Å². The molecule has 0 spiro atoms. The van der Waals surface area contributed by atoms with Crippen molar-refractivity contribution in [2.45, 2.75) is 26.8 Å². The number of carbonyl (C=O) groups is 1. The second-order valence-electron chi connectivity index (χ2n) is 6.05. The van der Waals surface area contributed by atoms with Gasteiger partial charge in [0.1, 0.15) is 0 Å². The van der Waals surface area contributed by atoms with E-state index in [1.165, 1.54) is 0 Å². The zero-order chi connectivity index (χ0) is 17.3. The van der Waals surface area contributed by atoms with E-state index >= 15 is 0 Å². The minimum Gasteiger partial charge on any atom is -0.326 e. The molecule has 3 rings (SSSR count). The maximum Gasteiger partial charge on any atom is 0.328 e. The van der Waals surface area contributed by atoms with E-state index in [-0.39, 0.29) is 18.0 Å². The summed E-state index contributed by atoms with van der Waals surface area (Å²) in [6.45, 7) is 4.30. The number of hydrogen-bond donors (Lipinski definition) is 1. The summed E-state index contributed by atoms with van der Waals surface area (Å²) in [7, 11) is 1.75. The number of hydrogen-bond acceptors (Lipinski definition) is 2. The van der Waals surface area contributed by atoms with E-state index in [2.05, 4.69) is 5.32 Å². The second kappa shape index (κ2) is 6.35. The largest absolute Gasteiger partial charge is 0.328 e. The number of rotatable bonds is 4. The Labute approximate surface area is 140 Å². The maximum atomic E-state index is 12.4. The van der Waals surface area contributed by atoms with E-state index in [9.17, 15) is 9.59 Å². The van der Waals surface area contributed by atoms with E-state index in [4.69, 9.17) is 0 Å². The summed E-state index contributed by atoms with van der Waals surface area (Å²) in [5.41, 5.74) is 4.54. The Bertz CT molecular complexity index is 946. The minimum atomic E-state index is -0.101. The van der Waals surface area contributed by atoms with E-state index in [0.29, 0.717) is 6.54 Å². The third kappa shape index (κ3) is 2.85. The van der Waals surface area contributed by atoms with Crippen LogP contribution in [-0.2, 0) is 18.4 Å². The Morgan fingerprint density at radius 2 is 1.62 bits per heavy atom. The quantitative estimate of drug-likeness (QED) is 0.802. The molecule has 0 saturated carbocycles. The van der Waals surface area contributed by atoms with Crippen LogP contribution in [0.5, 0.6) is 0 Å². The average Bonchev–Trinajstić information content (AvgIpc) is 2.81. The first-order chi connectivity index (χ1) is 11.5. The number of para-hydroxylation sites is 3. The molecule has 0 unspecified atom stereocenters. The fourth-order valence-electron chi connectivity index (χ4n) is 3.01. The van der Waals surface area contributed by atoms with Gasteiger partial charge in [-0.15, -0.1) is 0 Å². The Morgan fingerprint density at radius 3 is 2.29 bits per heavy atom. The van der Waals surface area contributed by atoms with Gasteiger partial charge in [-0.3, -0.25) is 13.9 Å². The first-order valence-corrected chi connectivity index (χ1v) is 7.99. The summed E-state index contributed by atoms with van der Waals surface area (Å²) >= 11 is 0. The number of imidazole rings is 1. The van der Waals surface area contributed by atoms with Crippen molar-refractivity contribution in [3.63, 3.8) is 0 Å². The summed E-state index contributed by atoms with van der Waals surface area (Å²) in [5.74, 6) is -0.0905. The van der Waals surface area contributed by atoms with Gasteiger partial charge in [0.25, 0.3) is 0 Å². The van der Waals surface area contributed by atoms with Gasteiger partial charge in [0.2, 0.25) is 5.91 Å². The minimum absolute atomic E-state index is 0.0905. The molecule has 5 heteroatoms. The van der Waals surface area contributed by atoms with Crippen LogP contribution in [0.3, 0.4) is 0 Å².